The van der Waals surface area contributed by atoms with Crippen LogP contribution < -0.4 is 10.5 Å². The molecule has 0 aromatic heterocycles. The summed E-state index contributed by atoms with van der Waals surface area (Å²) < 4.78 is 32.3. The summed E-state index contributed by atoms with van der Waals surface area (Å²) in [4.78, 5) is 0.323. The van der Waals surface area contributed by atoms with Gasteiger partial charge in [-0.3, -0.25) is 0 Å². The summed E-state index contributed by atoms with van der Waals surface area (Å²) in [5, 5.41) is 0. The highest BCUT2D eigenvalue weighted by atomic mass is 32.2. The number of nitrogens with one attached hydrogen (secondary N) is 1. The maximum atomic E-state index is 12.3. The highest BCUT2D eigenvalue weighted by Gasteiger charge is 2.20. The van der Waals surface area contributed by atoms with Gasteiger partial charge in [-0.15, -0.1) is 0 Å². The zero-order valence-electron chi connectivity index (χ0n) is 11.6. The molecule has 7 heteroatoms. The number of sulfonamides is 1. The lowest BCUT2D eigenvalue weighted by Crippen LogP contribution is -2.37. The third kappa shape index (κ3) is 4.82. The Bertz CT molecular complexity index is 552. The van der Waals surface area contributed by atoms with Gasteiger partial charge in [-0.2, -0.15) is 0 Å². The fourth-order valence-electron chi connectivity index (χ4n) is 1.83. The molecular formula is C13H20N2O3S2. The van der Waals surface area contributed by atoms with Crippen molar-refractivity contribution in [3.63, 3.8) is 0 Å². The van der Waals surface area contributed by atoms with Gasteiger partial charge in [0.2, 0.25) is 10.0 Å². The van der Waals surface area contributed by atoms with Crippen LogP contribution in [0.3, 0.4) is 0 Å². The first-order chi connectivity index (χ1) is 9.40. The van der Waals surface area contributed by atoms with Crippen LogP contribution in [-0.4, -0.2) is 33.2 Å². The van der Waals surface area contributed by atoms with Crippen molar-refractivity contribution in [2.75, 3.05) is 13.7 Å². The summed E-state index contributed by atoms with van der Waals surface area (Å²) in [6.45, 7) is 2.33. The summed E-state index contributed by atoms with van der Waals surface area (Å²) in [5.41, 5.74) is 6.05. The van der Waals surface area contributed by atoms with Crippen molar-refractivity contribution >= 4 is 27.2 Å². The fourth-order valence-corrected chi connectivity index (χ4v) is 3.26. The molecule has 1 aromatic carbocycles. The number of nitrogens with two attached hydrogens (primary N) is 1. The summed E-state index contributed by atoms with van der Waals surface area (Å²) >= 11 is 4.86. The Morgan fingerprint density at radius 1 is 1.50 bits per heavy atom. The van der Waals surface area contributed by atoms with E-state index in [0.717, 1.165) is 6.42 Å². The standard InChI is InChI=1S/C13H20N2O3S2/c1-3-5-11(9-18-2)15-20(16,17)12-7-4-6-10(8-12)13(14)19/h4,6-8,11,15H,3,5,9H2,1-2H3,(H2,14,19). The summed E-state index contributed by atoms with van der Waals surface area (Å²) in [6.07, 6.45) is 1.57. The monoisotopic (exact) mass is 316 g/mol. The molecule has 3 N–H and O–H groups in total. The van der Waals surface area contributed by atoms with E-state index in [4.69, 9.17) is 22.7 Å². The molecule has 1 rings (SSSR count). The van der Waals surface area contributed by atoms with Crippen LogP contribution in [0.4, 0.5) is 0 Å². The van der Waals surface area contributed by atoms with Crippen molar-refractivity contribution in [2.45, 2.75) is 30.7 Å². The van der Waals surface area contributed by atoms with Gasteiger partial charge < -0.3 is 10.5 Å². The normalized spacial score (nSPS) is 13.1. The van der Waals surface area contributed by atoms with Crippen LogP contribution in [-0.2, 0) is 14.8 Å². The third-order valence-corrected chi connectivity index (χ3v) is 4.51. The van der Waals surface area contributed by atoms with Crippen LogP contribution in [0.1, 0.15) is 25.3 Å². The van der Waals surface area contributed by atoms with Crippen LogP contribution in [0, 0.1) is 0 Å². The van der Waals surface area contributed by atoms with Gasteiger partial charge in [-0.1, -0.05) is 37.7 Å². The largest absolute Gasteiger partial charge is 0.389 e. The van der Waals surface area contributed by atoms with Crippen LogP contribution in [0.5, 0.6) is 0 Å². The summed E-state index contributed by atoms with van der Waals surface area (Å²) in [5.74, 6) is 0. The smallest absolute Gasteiger partial charge is 0.240 e. The van der Waals surface area contributed by atoms with E-state index in [9.17, 15) is 8.42 Å². The second kappa shape index (κ2) is 7.68. The Kier molecular flexibility index (Phi) is 6.54. The second-order valence-corrected chi connectivity index (χ2v) is 6.61. The minimum absolute atomic E-state index is 0.153. The van der Waals surface area contributed by atoms with Gasteiger partial charge in [0.25, 0.3) is 0 Å². The Labute approximate surface area is 125 Å². The first kappa shape index (κ1) is 17.0. The average molecular weight is 316 g/mol. The van der Waals surface area contributed by atoms with Gasteiger partial charge in [0, 0.05) is 18.7 Å². The molecule has 5 nitrogen and oxygen atoms in total. The van der Waals surface area contributed by atoms with Crippen molar-refractivity contribution < 1.29 is 13.2 Å². The second-order valence-electron chi connectivity index (χ2n) is 4.45. The van der Waals surface area contributed by atoms with Gasteiger partial charge in [0.15, 0.2) is 0 Å². The quantitative estimate of drug-likeness (QED) is 0.709. The molecule has 1 atom stereocenters. The van der Waals surface area contributed by atoms with Gasteiger partial charge in [0.1, 0.15) is 4.99 Å². The molecule has 0 radical (unpaired) electrons. The first-order valence-electron chi connectivity index (χ1n) is 6.31. The topological polar surface area (TPSA) is 81.4 Å². The molecule has 0 saturated carbocycles. The molecule has 0 aliphatic carbocycles. The number of hydrogen-bond acceptors (Lipinski definition) is 4. The van der Waals surface area contributed by atoms with E-state index in [-0.39, 0.29) is 15.9 Å². The van der Waals surface area contributed by atoms with Crippen LogP contribution >= 0.6 is 12.2 Å². The van der Waals surface area contributed by atoms with Crippen molar-refractivity contribution in [2.24, 2.45) is 5.73 Å². The molecule has 0 amide bonds. The van der Waals surface area contributed by atoms with Crippen molar-refractivity contribution in [3.8, 4) is 0 Å². The third-order valence-electron chi connectivity index (χ3n) is 2.76. The maximum Gasteiger partial charge on any atom is 0.240 e. The molecular weight excluding hydrogens is 296 g/mol. The molecule has 20 heavy (non-hydrogen) atoms. The van der Waals surface area contributed by atoms with Crippen molar-refractivity contribution in [1.82, 2.24) is 4.72 Å². The minimum Gasteiger partial charge on any atom is -0.389 e. The van der Waals surface area contributed by atoms with Crippen LogP contribution in [0.15, 0.2) is 29.2 Å². The van der Waals surface area contributed by atoms with Crippen molar-refractivity contribution in [3.05, 3.63) is 29.8 Å². The zero-order chi connectivity index (χ0) is 15.2. The summed E-state index contributed by atoms with van der Waals surface area (Å²) in [6, 6.07) is 6.04. The molecule has 0 saturated heterocycles. The van der Waals surface area contributed by atoms with E-state index in [1.54, 1.807) is 19.2 Å². The highest BCUT2D eigenvalue weighted by Crippen LogP contribution is 2.13. The van der Waals surface area contributed by atoms with E-state index in [2.05, 4.69) is 4.72 Å². The van der Waals surface area contributed by atoms with Crippen LogP contribution in [0.2, 0.25) is 0 Å². The molecule has 0 aliphatic heterocycles. The SMILES string of the molecule is CCCC(COC)NS(=O)(=O)c1cccc(C(N)=S)c1. The Morgan fingerprint density at radius 3 is 2.75 bits per heavy atom. The number of methoxy groups -OCH3 is 1. The number of thiocarbonyl (C=S) groups is 1. The van der Waals surface area contributed by atoms with Gasteiger partial charge in [-0.05, 0) is 18.6 Å². The van der Waals surface area contributed by atoms with E-state index >= 15 is 0 Å². The lowest BCUT2D eigenvalue weighted by molar-refractivity contribution is 0.171. The van der Waals surface area contributed by atoms with Gasteiger partial charge in [-0.25, -0.2) is 13.1 Å². The molecule has 0 bridgehead atoms. The van der Waals surface area contributed by atoms with E-state index in [1.807, 2.05) is 6.92 Å². The minimum atomic E-state index is -3.61. The molecule has 0 spiro atoms. The van der Waals surface area contributed by atoms with E-state index < -0.39 is 10.0 Å². The number of rotatable bonds is 8. The predicted molar refractivity (Wildman–Crippen MR) is 83.2 cm³/mol. The molecule has 112 valence electrons. The Balaban J connectivity index is 2.97. The van der Waals surface area contributed by atoms with E-state index in [0.29, 0.717) is 18.6 Å². The highest BCUT2D eigenvalue weighted by molar-refractivity contribution is 7.89. The fraction of sp³-hybridized carbons (Fsp3) is 0.462. The molecule has 1 aromatic rings. The molecule has 0 aliphatic rings. The van der Waals surface area contributed by atoms with Crippen LogP contribution in [0.25, 0.3) is 0 Å². The van der Waals surface area contributed by atoms with Crippen molar-refractivity contribution in [1.29, 1.82) is 0 Å². The Morgan fingerprint density at radius 2 is 2.20 bits per heavy atom. The number of ether oxygens (including phenoxy) is 1. The Hall–Kier alpha value is -1.02. The lowest BCUT2D eigenvalue weighted by atomic mass is 10.2. The zero-order valence-corrected chi connectivity index (χ0v) is 13.3. The first-order valence-corrected chi connectivity index (χ1v) is 8.21. The number of hydrogen-bond donors (Lipinski definition) is 2. The predicted octanol–water partition coefficient (Wildman–Crippen LogP) is 1.41. The summed E-state index contributed by atoms with van der Waals surface area (Å²) in [7, 11) is -2.06. The van der Waals surface area contributed by atoms with E-state index in [1.165, 1.54) is 12.1 Å². The molecule has 1 unspecified atom stereocenters. The lowest BCUT2D eigenvalue weighted by Gasteiger charge is -2.17. The number of benzene rings is 1. The average Bonchev–Trinajstić information content (AvgIpc) is 2.39. The van der Waals surface area contributed by atoms with Gasteiger partial charge in [0.05, 0.1) is 11.5 Å². The van der Waals surface area contributed by atoms with Gasteiger partial charge >= 0.3 is 0 Å². The molecule has 0 heterocycles. The maximum absolute atomic E-state index is 12.3. The molecule has 0 fully saturated rings.